The number of methoxy groups -OCH3 is 1. The van der Waals surface area contributed by atoms with Gasteiger partial charge in [0.05, 0.1) is 19.6 Å². The molecule has 70 valence electrons. The number of aliphatic hydroxyl groups excluding tert-OH is 1. The van der Waals surface area contributed by atoms with E-state index in [4.69, 9.17) is 5.11 Å². The van der Waals surface area contributed by atoms with Crippen molar-refractivity contribution in [3.63, 3.8) is 0 Å². The van der Waals surface area contributed by atoms with Gasteiger partial charge in [0.2, 0.25) is 0 Å². The second-order valence-electron chi connectivity index (χ2n) is 2.50. The van der Waals surface area contributed by atoms with Crippen molar-refractivity contribution >= 4 is 12.3 Å². The monoisotopic (exact) mass is 174 g/mol. The Morgan fingerprint density at radius 1 is 1.67 bits per heavy atom. The highest BCUT2D eigenvalue weighted by molar-refractivity contribution is 5.72. The average molecular weight is 174 g/mol. The largest absolute Gasteiger partial charge is 0.469 e. The molecule has 0 aromatic carbocycles. The van der Waals surface area contributed by atoms with Gasteiger partial charge in [-0.3, -0.25) is 4.79 Å². The first-order valence-corrected chi connectivity index (χ1v) is 3.88. The maximum absolute atomic E-state index is 10.9. The third-order valence-electron chi connectivity index (χ3n) is 1.63. The van der Waals surface area contributed by atoms with Crippen molar-refractivity contribution in [1.29, 1.82) is 0 Å². The fourth-order valence-corrected chi connectivity index (χ4v) is 0.898. The zero-order valence-electron chi connectivity index (χ0n) is 7.16. The molecule has 0 aromatic heterocycles. The number of esters is 1. The molecule has 0 spiro atoms. The zero-order valence-corrected chi connectivity index (χ0v) is 7.16. The van der Waals surface area contributed by atoms with Crippen LogP contribution < -0.4 is 0 Å². The number of rotatable bonds is 6. The van der Waals surface area contributed by atoms with E-state index in [1.165, 1.54) is 7.11 Å². The Labute approximate surface area is 71.5 Å². The van der Waals surface area contributed by atoms with Gasteiger partial charge in [-0.05, 0) is 12.8 Å². The van der Waals surface area contributed by atoms with E-state index in [0.29, 0.717) is 19.3 Å². The molecule has 0 aliphatic heterocycles. The molecule has 1 unspecified atom stereocenters. The molecule has 0 rings (SSSR count). The Morgan fingerprint density at radius 2 is 2.33 bits per heavy atom. The molecular weight excluding hydrogens is 160 g/mol. The fourth-order valence-electron chi connectivity index (χ4n) is 0.898. The van der Waals surface area contributed by atoms with Gasteiger partial charge in [0.25, 0.3) is 0 Å². The summed E-state index contributed by atoms with van der Waals surface area (Å²) in [6, 6.07) is 0. The Balaban J connectivity index is 3.66. The number of ether oxygens (including phenoxy) is 1. The summed E-state index contributed by atoms with van der Waals surface area (Å²) in [5.41, 5.74) is 0. The summed E-state index contributed by atoms with van der Waals surface area (Å²) in [6.07, 6.45) is 2.34. The lowest BCUT2D eigenvalue weighted by molar-refractivity contribution is -0.147. The van der Waals surface area contributed by atoms with Crippen molar-refractivity contribution in [2.75, 3.05) is 13.7 Å². The second-order valence-corrected chi connectivity index (χ2v) is 2.50. The van der Waals surface area contributed by atoms with Crippen LogP contribution in [0.3, 0.4) is 0 Å². The van der Waals surface area contributed by atoms with Gasteiger partial charge in [-0.1, -0.05) is 0 Å². The third kappa shape index (κ3) is 4.08. The summed E-state index contributed by atoms with van der Waals surface area (Å²) in [6.45, 7) is -0.217. The standard InChI is InChI=1S/C8H14O4/c1-12-8(11)7(6-10)4-2-3-5-9/h5,7,10H,2-4,6H2,1H3. The summed E-state index contributed by atoms with van der Waals surface area (Å²) in [4.78, 5) is 20.8. The maximum atomic E-state index is 10.9. The van der Waals surface area contributed by atoms with Gasteiger partial charge in [-0.2, -0.15) is 0 Å². The van der Waals surface area contributed by atoms with Crippen LogP contribution in [-0.4, -0.2) is 31.1 Å². The highest BCUT2D eigenvalue weighted by Gasteiger charge is 2.16. The maximum Gasteiger partial charge on any atom is 0.310 e. The van der Waals surface area contributed by atoms with Crippen molar-refractivity contribution in [2.24, 2.45) is 5.92 Å². The first-order chi connectivity index (χ1) is 5.76. The predicted molar refractivity (Wildman–Crippen MR) is 42.5 cm³/mol. The molecule has 0 aliphatic rings. The number of unbranched alkanes of at least 4 members (excludes halogenated alkanes) is 1. The summed E-state index contributed by atoms with van der Waals surface area (Å²) >= 11 is 0. The minimum absolute atomic E-state index is 0.217. The van der Waals surface area contributed by atoms with E-state index in [9.17, 15) is 9.59 Å². The molecule has 0 saturated carbocycles. The molecule has 0 bridgehead atoms. The van der Waals surface area contributed by atoms with Crippen molar-refractivity contribution in [3.05, 3.63) is 0 Å². The number of hydrogen-bond acceptors (Lipinski definition) is 4. The van der Waals surface area contributed by atoms with Crippen LogP contribution in [0.25, 0.3) is 0 Å². The van der Waals surface area contributed by atoms with Gasteiger partial charge in [0.15, 0.2) is 0 Å². The smallest absolute Gasteiger partial charge is 0.310 e. The van der Waals surface area contributed by atoms with E-state index >= 15 is 0 Å². The SMILES string of the molecule is COC(=O)C(CO)CCCC=O. The molecule has 0 heterocycles. The van der Waals surface area contributed by atoms with Crippen LogP contribution in [0.4, 0.5) is 0 Å². The van der Waals surface area contributed by atoms with E-state index in [1.54, 1.807) is 0 Å². The minimum Gasteiger partial charge on any atom is -0.469 e. The van der Waals surface area contributed by atoms with Crippen LogP contribution in [0, 0.1) is 5.92 Å². The topological polar surface area (TPSA) is 63.6 Å². The Hall–Kier alpha value is -0.900. The number of carbonyl (C=O) groups excluding carboxylic acids is 2. The molecule has 1 atom stereocenters. The summed E-state index contributed by atoms with van der Waals surface area (Å²) < 4.78 is 4.45. The molecule has 4 heteroatoms. The van der Waals surface area contributed by atoms with Crippen LogP contribution in [0.2, 0.25) is 0 Å². The highest BCUT2D eigenvalue weighted by atomic mass is 16.5. The van der Waals surface area contributed by atoms with E-state index in [2.05, 4.69) is 4.74 Å². The molecule has 1 N–H and O–H groups in total. The predicted octanol–water partition coefficient (Wildman–Crippen LogP) is 0.137. The highest BCUT2D eigenvalue weighted by Crippen LogP contribution is 2.08. The lowest BCUT2D eigenvalue weighted by Gasteiger charge is -2.09. The fraction of sp³-hybridized carbons (Fsp3) is 0.750. The quantitative estimate of drug-likeness (QED) is 0.353. The first kappa shape index (κ1) is 11.1. The van der Waals surface area contributed by atoms with E-state index in [0.717, 1.165) is 6.29 Å². The van der Waals surface area contributed by atoms with Crippen LogP contribution in [0.1, 0.15) is 19.3 Å². The lowest BCUT2D eigenvalue weighted by atomic mass is 10.0. The van der Waals surface area contributed by atoms with Gasteiger partial charge in [0.1, 0.15) is 6.29 Å². The molecule has 0 radical (unpaired) electrons. The molecule has 0 aliphatic carbocycles. The molecule has 12 heavy (non-hydrogen) atoms. The summed E-state index contributed by atoms with van der Waals surface area (Å²) in [7, 11) is 1.28. The number of aliphatic hydroxyl groups is 1. The average Bonchev–Trinajstić information content (AvgIpc) is 2.11. The number of hydrogen-bond donors (Lipinski definition) is 1. The van der Waals surface area contributed by atoms with Gasteiger partial charge in [-0.15, -0.1) is 0 Å². The third-order valence-corrected chi connectivity index (χ3v) is 1.63. The van der Waals surface area contributed by atoms with Gasteiger partial charge in [0, 0.05) is 6.42 Å². The summed E-state index contributed by atoms with van der Waals surface area (Å²) in [5, 5.41) is 8.74. The Morgan fingerprint density at radius 3 is 2.75 bits per heavy atom. The van der Waals surface area contributed by atoms with Gasteiger partial charge >= 0.3 is 5.97 Å². The molecular formula is C8H14O4. The van der Waals surface area contributed by atoms with Crippen molar-refractivity contribution < 1.29 is 19.4 Å². The van der Waals surface area contributed by atoms with Gasteiger partial charge < -0.3 is 14.6 Å². The molecule has 0 fully saturated rings. The van der Waals surface area contributed by atoms with E-state index in [-0.39, 0.29) is 6.61 Å². The van der Waals surface area contributed by atoms with Crippen LogP contribution in [0.5, 0.6) is 0 Å². The first-order valence-electron chi connectivity index (χ1n) is 3.88. The molecule has 4 nitrogen and oxygen atoms in total. The van der Waals surface area contributed by atoms with Crippen LogP contribution >= 0.6 is 0 Å². The van der Waals surface area contributed by atoms with Gasteiger partial charge in [-0.25, -0.2) is 0 Å². The normalized spacial score (nSPS) is 12.2. The Bertz CT molecular complexity index is 144. The molecule has 0 amide bonds. The second kappa shape index (κ2) is 6.79. The van der Waals surface area contributed by atoms with Crippen molar-refractivity contribution in [2.45, 2.75) is 19.3 Å². The summed E-state index contributed by atoms with van der Waals surface area (Å²) in [5.74, 6) is -0.890. The van der Waals surface area contributed by atoms with E-state index < -0.39 is 11.9 Å². The van der Waals surface area contributed by atoms with Crippen LogP contribution in [0.15, 0.2) is 0 Å². The number of aldehydes is 1. The van der Waals surface area contributed by atoms with Crippen molar-refractivity contribution in [1.82, 2.24) is 0 Å². The zero-order chi connectivity index (χ0) is 9.40. The van der Waals surface area contributed by atoms with Crippen LogP contribution in [-0.2, 0) is 14.3 Å². The lowest BCUT2D eigenvalue weighted by Crippen LogP contribution is -2.19. The minimum atomic E-state index is -0.477. The number of carbonyl (C=O) groups is 2. The van der Waals surface area contributed by atoms with E-state index in [1.807, 2.05) is 0 Å². The molecule has 0 saturated heterocycles. The Kier molecular flexibility index (Phi) is 6.28. The van der Waals surface area contributed by atoms with Crippen molar-refractivity contribution in [3.8, 4) is 0 Å². The molecule has 0 aromatic rings.